The highest BCUT2D eigenvalue weighted by Gasteiger charge is 2.12. The molecule has 0 bridgehead atoms. The second-order valence-corrected chi connectivity index (χ2v) is 8.81. The van der Waals surface area contributed by atoms with Crippen LogP contribution in [0.5, 0.6) is 5.75 Å². The van der Waals surface area contributed by atoms with Crippen LogP contribution in [-0.2, 0) is 18.7 Å². The minimum atomic E-state index is 0.636. The van der Waals surface area contributed by atoms with Crippen LogP contribution in [0.3, 0.4) is 0 Å². The van der Waals surface area contributed by atoms with Crippen molar-refractivity contribution in [3.8, 4) is 5.75 Å². The predicted octanol–water partition coefficient (Wildman–Crippen LogP) is 6.72. The monoisotopic (exact) mass is 451 g/mol. The van der Waals surface area contributed by atoms with Crippen LogP contribution in [0.2, 0.25) is 5.02 Å². The molecule has 0 atom stereocenters. The van der Waals surface area contributed by atoms with Crippen LogP contribution in [0.15, 0.2) is 65.8 Å². The lowest BCUT2D eigenvalue weighted by Gasteiger charge is -2.10. The standard InChI is InChI=1S/C25H26ClN3OS/c1-3-29-24(12-7-15-30-23-14-13-21(26)16-18(23)2)27-28-25(29)31-17-20-10-6-9-19-8-4-5-11-22(19)20/h4-6,8-11,13-14,16H,3,7,12,15,17H2,1-2H3. The SMILES string of the molecule is CCn1c(CCCOc2ccc(Cl)cc2C)nnc1SCc1cccc2ccccc12. The average Bonchev–Trinajstić information content (AvgIpc) is 3.18. The van der Waals surface area contributed by atoms with Crippen molar-refractivity contribution >= 4 is 34.1 Å². The number of ether oxygens (including phenoxy) is 1. The van der Waals surface area contributed by atoms with Gasteiger partial charge in [0.15, 0.2) is 5.16 Å². The first kappa shape index (κ1) is 21.7. The number of hydrogen-bond acceptors (Lipinski definition) is 4. The molecule has 1 aromatic heterocycles. The molecule has 6 heteroatoms. The molecule has 4 nitrogen and oxygen atoms in total. The zero-order valence-corrected chi connectivity index (χ0v) is 19.4. The van der Waals surface area contributed by atoms with E-state index in [1.54, 1.807) is 11.8 Å². The Hall–Kier alpha value is -2.50. The summed E-state index contributed by atoms with van der Waals surface area (Å²) in [5.41, 5.74) is 2.37. The first-order valence-electron chi connectivity index (χ1n) is 10.6. The van der Waals surface area contributed by atoms with Crippen molar-refractivity contribution in [2.45, 2.75) is 44.1 Å². The van der Waals surface area contributed by atoms with Gasteiger partial charge >= 0.3 is 0 Å². The number of hydrogen-bond donors (Lipinski definition) is 0. The number of rotatable bonds is 9. The molecule has 0 fully saturated rings. The molecule has 0 aliphatic carbocycles. The van der Waals surface area contributed by atoms with Crippen molar-refractivity contribution in [1.29, 1.82) is 0 Å². The Balaban J connectivity index is 1.36. The highest BCUT2D eigenvalue weighted by molar-refractivity contribution is 7.98. The Kier molecular flexibility index (Phi) is 7.15. The quantitative estimate of drug-likeness (QED) is 0.209. The maximum Gasteiger partial charge on any atom is 0.191 e. The van der Waals surface area contributed by atoms with Crippen molar-refractivity contribution in [3.05, 3.63) is 82.6 Å². The van der Waals surface area contributed by atoms with Gasteiger partial charge in [-0.15, -0.1) is 10.2 Å². The lowest BCUT2D eigenvalue weighted by Crippen LogP contribution is -2.06. The number of aryl methyl sites for hydroxylation is 2. The largest absolute Gasteiger partial charge is 0.493 e. The summed E-state index contributed by atoms with van der Waals surface area (Å²) in [4.78, 5) is 0. The number of halogens is 1. The highest BCUT2D eigenvalue weighted by atomic mass is 35.5. The third-order valence-corrected chi connectivity index (χ3v) is 6.54. The van der Waals surface area contributed by atoms with E-state index in [2.05, 4.69) is 64.2 Å². The van der Waals surface area contributed by atoms with E-state index in [9.17, 15) is 0 Å². The molecule has 0 N–H and O–H groups in total. The van der Waals surface area contributed by atoms with Crippen molar-refractivity contribution in [3.63, 3.8) is 0 Å². The number of benzene rings is 3. The van der Waals surface area contributed by atoms with Gasteiger partial charge < -0.3 is 9.30 Å². The van der Waals surface area contributed by atoms with Gasteiger partial charge in [-0.1, -0.05) is 65.8 Å². The van der Waals surface area contributed by atoms with Crippen LogP contribution in [-0.4, -0.2) is 21.4 Å². The maximum atomic E-state index is 6.01. The Morgan fingerprint density at radius 2 is 1.87 bits per heavy atom. The van der Waals surface area contributed by atoms with Gasteiger partial charge in [0.05, 0.1) is 6.61 Å². The third-order valence-electron chi connectivity index (χ3n) is 5.29. The summed E-state index contributed by atoms with van der Waals surface area (Å²) in [6, 6.07) is 20.7. The molecule has 1 heterocycles. The van der Waals surface area contributed by atoms with Crippen molar-refractivity contribution in [1.82, 2.24) is 14.8 Å². The summed E-state index contributed by atoms with van der Waals surface area (Å²) in [7, 11) is 0. The van der Waals surface area contributed by atoms with Crippen LogP contribution in [0.4, 0.5) is 0 Å². The molecule has 0 radical (unpaired) electrons. The van der Waals surface area contributed by atoms with Crippen LogP contribution >= 0.6 is 23.4 Å². The second kappa shape index (κ2) is 10.2. The molecule has 31 heavy (non-hydrogen) atoms. The van der Waals surface area contributed by atoms with Gasteiger partial charge in [-0.05, 0) is 60.4 Å². The number of aromatic nitrogens is 3. The van der Waals surface area contributed by atoms with Crippen LogP contribution < -0.4 is 4.74 Å². The number of fused-ring (bicyclic) bond motifs is 1. The van der Waals surface area contributed by atoms with E-state index in [4.69, 9.17) is 16.3 Å². The van der Waals surface area contributed by atoms with Gasteiger partial charge in [0.2, 0.25) is 0 Å². The van der Waals surface area contributed by atoms with Gasteiger partial charge in [-0.2, -0.15) is 0 Å². The van der Waals surface area contributed by atoms with E-state index in [0.29, 0.717) is 6.61 Å². The molecule has 4 aromatic rings. The van der Waals surface area contributed by atoms with Crippen molar-refractivity contribution < 1.29 is 4.74 Å². The van der Waals surface area contributed by atoms with E-state index in [0.717, 1.165) is 52.5 Å². The molecule has 0 aliphatic rings. The first-order valence-corrected chi connectivity index (χ1v) is 11.9. The van der Waals surface area contributed by atoms with Gasteiger partial charge in [0.25, 0.3) is 0 Å². The van der Waals surface area contributed by atoms with E-state index in [1.807, 2.05) is 25.1 Å². The molecule has 0 spiro atoms. The summed E-state index contributed by atoms with van der Waals surface area (Å²) < 4.78 is 8.13. The minimum absolute atomic E-state index is 0.636. The predicted molar refractivity (Wildman–Crippen MR) is 129 cm³/mol. The minimum Gasteiger partial charge on any atom is -0.493 e. The normalized spacial score (nSPS) is 11.2. The van der Waals surface area contributed by atoms with Crippen LogP contribution in [0.1, 0.15) is 30.3 Å². The zero-order chi connectivity index (χ0) is 21.6. The fraction of sp³-hybridized carbons (Fsp3) is 0.280. The topological polar surface area (TPSA) is 39.9 Å². The molecule has 0 aliphatic heterocycles. The molecule has 0 saturated heterocycles. The first-order chi connectivity index (χ1) is 15.2. The lowest BCUT2D eigenvalue weighted by atomic mass is 10.1. The summed E-state index contributed by atoms with van der Waals surface area (Å²) >= 11 is 7.76. The molecule has 160 valence electrons. The van der Waals surface area contributed by atoms with Gasteiger partial charge in [0, 0.05) is 23.7 Å². The zero-order valence-electron chi connectivity index (χ0n) is 17.8. The Labute approximate surface area is 192 Å². The molecular formula is C25H26ClN3OS. The fourth-order valence-corrected chi connectivity index (χ4v) is 4.93. The summed E-state index contributed by atoms with van der Waals surface area (Å²) in [5, 5.41) is 13.2. The summed E-state index contributed by atoms with van der Waals surface area (Å²) in [6.07, 6.45) is 1.72. The Bertz CT molecular complexity index is 1170. The van der Waals surface area contributed by atoms with Gasteiger partial charge in [-0.25, -0.2) is 0 Å². The smallest absolute Gasteiger partial charge is 0.191 e. The lowest BCUT2D eigenvalue weighted by molar-refractivity contribution is 0.307. The average molecular weight is 452 g/mol. The number of nitrogens with zero attached hydrogens (tertiary/aromatic N) is 3. The molecule has 0 unspecified atom stereocenters. The fourth-order valence-electron chi connectivity index (χ4n) is 3.68. The van der Waals surface area contributed by atoms with E-state index in [1.165, 1.54) is 16.3 Å². The van der Waals surface area contributed by atoms with E-state index in [-0.39, 0.29) is 0 Å². The summed E-state index contributed by atoms with van der Waals surface area (Å²) in [6.45, 7) is 5.64. The van der Waals surface area contributed by atoms with Gasteiger partial charge in [-0.3, -0.25) is 0 Å². The summed E-state index contributed by atoms with van der Waals surface area (Å²) in [5.74, 6) is 2.77. The van der Waals surface area contributed by atoms with Gasteiger partial charge in [0.1, 0.15) is 11.6 Å². The maximum absolute atomic E-state index is 6.01. The van der Waals surface area contributed by atoms with Crippen LogP contribution in [0, 0.1) is 6.92 Å². The molecular weight excluding hydrogens is 426 g/mol. The molecule has 0 amide bonds. The number of thioether (sulfide) groups is 1. The Morgan fingerprint density at radius 3 is 2.71 bits per heavy atom. The molecule has 4 rings (SSSR count). The van der Waals surface area contributed by atoms with E-state index >= 15 is 0 Å². The highest BCUT2D eigenvalue weighted by Crippen LogP contribution is 2.27. The van der Waals surface area contributed by atoms with Crippen molar-refractivity contribution in [2.24, 2.45) is 0 Å². The molecule has 0 saturated carbocycles. The van der Waals surface area contributed by atoms with Crippen molar-refractivity contribution in [2.75, 3.05) is 6.61 Å². The molecule has 3 aromatic carbocycles. The third kappa shape index (κ3) is 5.23. The van der Waals surface area contributed by atoms with E-state index < -0.39 is 0 Å². The second-order valence-electron chi connectivity index (χ2n) is 7.43. The van der Waals surface area contributed by atoms with Crippen LogP contribution in [0.25, 0.3) is 10.8 Å². The Morgan fingerprint density at radius 1 is 1.03 bits per heavy atom.